The first kappa shape index (κ1) is 12.2. The molecule has 1 aliphatic rings. The summed E-state index contributed by atoms with van der Waals surface area (Å²) in [6.07, 6.45) is 4.11. The predicted molar refractivity (Wildman–Crippen MR) is 71.9 cm³/mol. The standard InChI is InChI=1S/C13H13N7O/c1-7-14-3-2-8(18-7)12-19-13(21-20-12)10-4-9-11(5-15-10)17-6-16-9/h2-3,6,10,15H,4-5H2,1H3,(H,16,17). The van der Waals surface area contributed by atoms with Crippen molar-refractivity contribution in [3.8, 4) is 11.5 Å². The van der Waals surface area contributed by atoms with E-state index in [1.807, 2.05) is 6.92 Å². The van der Waals surface area contributed by atoms with Gasteiger partial charge in [-0.2, -0.15) is 4.98 Å². The van der Waals surface area contributed by atoms with Gasteiger partial charge in [0.25, 0.3) is 0 Å². The first-order chi connectivity index (χ1) is 10.3. The second-order valence-corrected chi connectivity index (χ2v) is 4.91. The fourth-order valence-corrected chi connectivity index (χ4v) is 2.41. The van der Waals surface area contributed by atoms with E-state index in [9.17, 15) is 0 Å². The van der Waals surface area contributed by atoms with E-state index in [0.29, 0.717) is 29.8 Å². The average Bonchev–Trinajstić information content (AvgIpc) is 3.15. The Labute approximate surface area is 120 Å². The number of nitrogens with one attached hydrogen (secondary N) is 2. The van der Waals surface area contributed by atoms with E-state index in [1.54, 1.807) is 18.6 Å². The van der Waals surface area contributed by atoms with Crippen LogP contribution in [0.2, 0.25) is 0 Å². The molecule has 4 heterocycles. The second kappa shape index (κ2) is 4.74. The minimum atomic E-state index is -0.0232. The summed E-state index contributed by atoms with van der Waals surface area (Å²) >= 11 is 0. The van der Waals surface area contributed by atoms with Crippen molar-refractivity contribution < 1.29 is 4.52 Å². The molecule has 106 valence electrons. The van der Waals surface area contributed by atoms with Crippen LogP contribution in [0, 0.1) is 6.92 Å². The van der Waals surface area contributed by atoms with E-state index in [0.717, 1.165) is 17.8 Å². The number of nitrogens with zero attached hydrogens (tertiary/aromatic N) is 5. The zero-order valence-corrected chi connectivity index (χ0v) is 11.4. The van der Waals surface area contributed by atoms with Crippen LogP contribution in [0.3, 0.4) is 0 Å². The average molecular weight is 283 g/mol. The van der Waals surface area contributed by atoms with Gasteiger partial charge in [-0.25, -0.2) is 15.0 Å². The molecule has 0 amide bonds. The van der Waals surface area contributed by atoms with Crippen molar-refractivity contribution in [3.05, 3.63) is 41.7 Å². The summed E-state index contributed by atoms with van der Waals surface area (Å²) in [5.74, 6) is 1.70. The third kappa shape index (κ3) is 2.19. The van der Waals surface area contributed by atoms with E-state index in [-0.39, 0.29) is 6.04 Å². The van der Waals surface area contributed by atoms with Crippen LogP contribution in [-0.2, 0) is 13.0 Å². The summed E-state index contributed by atoms with van der Waals surface area (Å²) in [7, 11) is 0. The SMILES string of the molecule is Cc1nccc(-c2noc(C3Cc4nc[nH]c4CN3)n2)n1. The lowest BCUT2D eigenvalue weighted by Crippen LogP contribution is -2.28. The van der Waals surface area contributed by atoms with Crippen LogP contribution in [0.4, 0.5) is 0 Å². The highest BCUT2D eigenvalue weighted by Crippen LogP contribution is 2.24. The highest BCUT2D eigenvalue weighted by molar-refractivity contribution is 5.47. The lowest BCUT2D eigenvalue weighted by Gasteiger charge is -2.19. The Balaban J connectivity index is 1.61. The largest absolute Gasteiger partial charge is 0.347 e. The highest BCUT2D eigenvalue weighted by Gasteiger charge is 2.26. The lowest BCUT2D eigenvalue weighted by molar-refractivity contribution is 0.319. The Kier molecular flexibility index (Phi) is 2.74. The molecule has 3 aromatic heterocycles. The summed E-state index contributed by atoms with van der Waals surface area (Å²) in [6.45, 7) is 2.54. The minimum absolute atomic E-state index is 0.0232. The van der Waals surface area contributed by atoms with E-state index in [2.05, 4.69) is 35.4 Å². The first-order valence-electron chi connectivity index (χ1n) is 6.68. The van der Waals surface area contributed by atoms with Gasteiger partial charge in [-0.05, 0) is 13.0 Å². The molecule has 2 N–H and O–H groups in total. The predicted octanol–water partition coefficient (Wildman–Crippen LogP) is 0.945. The molecule has 8 nitrogen and oxygen atoms in total. The number of aryl methyl sites for hydroxylation is 1. The van der Waals surface area contributed by atoms with Gasteiger partial charge in [0, 0.05) is 19.2 Å². The molecule has 1 aliphatic heterocycles. The number of fused-ring (bicyclic) bond motifs is 1. The van der Waals surface area contributed by atoms with Gasteiger partial charge in [0.05, 0.1) is 23.8 Å². The third-order valence-electron chi connectivity index (χ3n) is 3.48. The highest BCUT2D eigenvalue weighted by atomic mass is 16.5. The van der Waals surface area contributed by atoms with Crippen LogP contribution >= 0.6 is 0 Å². The van der Waals surface area contributed by atoms with Crippen LogP contribution in [0.25, 0.3) is 11.5 Å². The molecular weight excluding hydrogens is 270 g/mol. The van der Waals surface area contributed by atoms with Crippen molar-refractivity contribution in [1.29, 1.82) is 0 Å². The Hall–Kier alpha value is -2.61. The van der Waals surface area contributed by atoms with Crippen molar-refractivity contribution in [3.63, 3.8) is 0 Å². The molecule has 1 unspecified atom stereocenters. The Morgan fingerprint density at radius 2 is 2.24 bits per heavy atom. The molecular formula is C13H13N7O. The first-order valence-corrected chi connectivity index (χ1v) is 6.68. The second-order valence-electron chi connectivity index (χ2n) is 4.91. The zero-order chi connectivity index (χ0) is 14.2. The molecule has 0 bridgehead atoms. The van der Waals surface area contributed by atoms with Crippen molar-refractivity contribution in [2.75, 3.05) is 0 Å². The topological polar surface area (TPSA) is 105 Å². The summed E-state index contributed by atoms with van der Waals surface area (Å²) < 4.78 is 5.37. The zero-order valence-electron chi connectivity index (χ0n) is 11.4. The van der Waals surface area contributed by atoms with Crippen LogP contribution in [0.1, 0.15) is 29.1 Å². The van der Waals surface area contributed by atoms with Crippen molar-refractivity contribution >= 4 is 0 Å². The van der Waals surface area contributed by atoms with Gasteiger partial charge in [0.1, 0.15) is 11.5 Å². The number of hydrogen-bond donors (Lipinski definition) is 2. The Bertz CT molecular complexity index is 778. The monoisotopic (exact) mass is 283 g/mol. The molecule has 0 aliphatic carbocycles. The summed E-state index contributed by atoms with van der Waals surface area (Å²) in [4.78, 5) is 20.2. The summed E-state index contributed by atoms with van der Waals surface area (Å²) in [6, 6.07) is 1.74. The maximum absolute atomic E-state index is 5.37. The number of aromatic nitrogens is 6. The fourth-order valence-electron chi connectivity index (χ4n) is 2.41. The molecule has 0 fully saturated rings. The van der Waals surface area contributed by atoms with Crippen LogP contribution in [-0.4, -0.2) is 30.1 Å². The van der Waals surface area contributed by atoms with Gasteiger partial charge in [-0.1, -0.05) is 5.16 Å². The van der Waals surface area contributed by atoms with Gasteiger partial charge < -0.3 is 9.51 Å². The van der Waals surface area contributed by atoms with Gasteiger partial charge in [-0.15, -0.1) is 0 Å². The van der Waals surface area contributed by atoms with E-state index >= 15 is 0 Å². The quantitative estimate of drug-likeness (QED) is 0.721. The van der Waals surface area contributed by atoms with Crippen LogP contribution < -0.4 is 5.32 Å². The Morgan fingerprint density at radius 3 is 3.14 bits per heavy atom. The van der Waals surface area contributed by atoms with Crippen molar-refractivity contribution in [2.24, 2.45) is 0 Å². The lowest BCUT2D eigenvalue weighted by atomic mass is 10.1. The summed E-state index contributed by atoms with van der Waals surface area (Å²) in [5.41, 5.74) is 2.81. The van der Waals surface area contributed by atoms with Crippen LogP contribution in [0.15, 0.2) is 23.1 Å². The minimum Gasteiger partial charge on any atom is -0.347 e. The van der Waals surface area contributed by atoms with Crippen molar-refractivity contribution in [2.45, 2.75) is 25.9 Å². The van der Waals surface area contributed by atoms with Gasteiger partial charge in [0.2, 0.25) is 11.7 Å². The molecule has 0 aromatic carbocycles. The molecule has 3 aromatic rings. The number of hydrogen-bond acceptors (Lipinski definition) is 7. The Morgan fingerprint density at radius 1 is 1.29 bits per heavy atom. The van der Waals surface area contributed by atoms with Gasteiger partial charge in [0.15, 0.2) is 0 Å². The number of imidazole rings is 1. The smallest absolute Gasteiger partial charge is 0.244 e. The molecule has 0 radical (unpaired) electrons. The maximum Gasteiger partial charge on any atom is 0.244 e. The fraction of sp³-hybridized carbons (Fsp3) is 0.308. The van der Waals surface area contributed by atoms with E-state index in [1.165, 1.54) is 0 Å². The van der Waals surface area contributed by atoms with Crippen molar-refractivity contribution in [1.82, 2.24) is 35.4 Å². The number of aromatic amines is 1. The van der Waals surface area contributed by atoms with E-state index in [4.69, 9.17) is 4.52 Å². The normalized spacial score (nSPS) is 17.7. The molecule has 21 heavy (non-hydrogen) atoms. The van der Waals surface area contributed by atoms with E-state index < -0.39 is 0 Å². The number of rotatable bonds is 2. The molecule has 0 saturated carbocycles. The molecule has 1 atom stereocenters. The molecule has 0 saturated heterocycles. The molecule has 0 spiro atoms. The summed E-state index contributed by atoms with van der Waals surface area (Å²) in [5, 5.41) is 7.36. The molecule has 8 heteroatoms. The van der Waals surface area contributed by atoms with Gasteiger partial charge >= 0.3 is 0 Å². The van der Waals surface area contributed by atoms with Crippen LogP contribution in [0.5, 0.6) is 0 Å². The molecule has 4 rings (SSSR count). The maximum atomic E-state index is 5.37. The van der Waals surface area contributed by atoms with Gasteiger partial charge in [-0.3, -0.25) is 5.32 Å². The third-order valence-corrected chi connectivity index (χ3v) is 3.48. The number of H-pyrrole nitrogens is 1.